The zero-order valence-corrected chi connectivity index (χ0v) is 14.5. The second-order valence-electron chi connectivity index (χ2n) is 6.41. The van der Waals surface area contributed by atoms with Gasteiger partial charge in [-0.05, 0) is 69.0 Å². The topological polar surface area (TPSA) is 53.6 Å². The van der Waals surface area contributed by atoms with Gasteiger partial charge in [-0.1, -0.05) is 6.07 Å². The van der Waals surface area contributed by atoms with Crippen LogP contribution in [-0.2, 0) is 4.74 Å². The van der Waals surface area contributed by atoms with Crippen LogP contribution in [0.5, 0.6) is 0 Å². The molecule has 0 radical (unpaired) electrons. The Kier molecular flexibility index (Phi) is 6.86. The van der Waals surface area contributed by atoms with E-state index in [0.717, 1.165) is 51.3 Å². The maximum atomic E-state index is 12.0. The van der Waals surface area contributed by atoms with E-state index >= 15 is 0 Å². The van der Waals surface area contributed by atoms with Crippen molar-refractivity contribution in [3.63, 3.8) is 0 Å². The number of nitrogens with one attached hydrogen (secondary N) is 2. The van der Waals surface area contributed by atoms with Crippen molar-refractivity contribution in [2.45, 2.75) is 26.7 Å². The number of aryl methyl sites for hydroxylation is 2. The van der Waals surface area contributed by atoms with Crippen molar-refractivity contribution >= 4 is 11.7 Å². The highest BCUT2D eigenvalue weighted by molar-refractivity contribution is 5.89. The zero-order valence-electron chi connectivity index (χ0n) is 14.5. The number of ether oxygens (including phenoxy) is 1. The highest BCUT2D eigenvalue weighted by Gasteiger charge is 2.19. The van der Waals surface area contributed by atoms with E-state index in [4.69, 9.17) is 4.74 Å². The normalized spacial score (nSPS) is 16.3. The van der Waals surface area contributed by atoms with E-state index in [9.17, 15) is 4.79 Å². The summed E-state index contributed by atoms with van der Waals surface area (Å²) in [6.07, 6.45) is 2.27. The predicted octanol–water partition coefficient (Wildman–Crippen LogP) is 2.78. The molecule has 1 aromatic rings. The first-order valence-electron chi connectivity index (χ1n) is 8.42. The van der Waals surface area contributed by atoms with Gasteiger partial charge in [-0.15, -0.1) is 0 Å². The van der Waals surface area contributed by atoms with E-state index in [1.54, 1.807) is 7.11 Å². The maximum absolute atomic E-state index is 12.0. The van der Waals surface area contributed by atoms with Gasteiger partial charge in [0.15, 0.2) is 0 Å². The number of nitrogens with zero attached hydrogens (tertiary/aromatic N) is 1. The smallest absolute Gasteiger partial charge is 0.319 e. The molecule has 1 aromatic carbocycles. The molecule has 5 nitrogen and oxygen atoms in total. The molecule has 2 N–H and O–H groups in total. The molecule has 0 unspecified atom stereocenters. The number of hydrogen-bond acceptors (Lipinski definition) is 3. The average Bonchev–Trinajstić information content (AvgIpc) is 2.55. The summed E-state index contributed by atoms with van der Waals surface area (Å²) in [7, 11) is 1.74. The molecule has 1 aliphatic heterocycles. The number of amides is 2. The van der Waals surface area contributed by atoms with Crippen molar-refractivity contribution in [2.24, 2.45) is 5.92 Å². The number of carbonyl (C=O) groups excluding carboxylic acids is 1. The van der Waals surface area contributed by atoms with Crippen molar-refractivity contribution in [3.8, 4) is 0 Å². The highest BCUT2D eigenvalue weighted by Crippen LogP contribution is 2.17. The molecule has 1 fully saturated rings. The molecule has 1 heterocycles. The quantitative estimate of drug-likeness (QED) is 0.848. The highest BCUT2D eigenvalue weighted by atomic mass is 16.5. The second kappa shape index (κ2) is 8.89. The van der Waals surface area contributed by atoms with Crippen molar-refractivity contribution < 1.29 is 9.53 Å². The third-order valence-electron chi connectivity index (χ3n) is 4.63. The van der Waals surface area contributed by atoms with Gasteiger partial charge < -0.3 is 20.3 Å². The van der Waals surface area contributed by atoms with Gasteiger partial charge in [0.1, 0.15) is 0 Å². The lowest BCUT2D eigenvalue weighted by Gasteiger charge is -2.31. The van der Waals surface area contributed by atoms with E-state index in [1.165, 1.54) is 11.1 Å². The van der Waals surface area contributed by atoms with Crippen LogP contribution in [0.2, 0.25) is 0 Å². The minimum absolute atomic E-state index is 0.116. The minimum Gasteiger partial charge on any atom is -0.383 e. The summed E-state index contributed by atoms with van der Waals surface area (Å²) in [6, 6.07) is 5.86. The van der Waals surface area contributed by atoms with Crippen LogP contribution in [-0.4, -0.2) is 50.8 Å². The molecule has 1 saturated heterocycles. The number of carbonyl (C=O) groups is 1. The van der Waals surface area contributed by atoms with Crippen molar-refractivity contribution in [2.75, 3.05) is 45.2 Å². The Hall–Kier alpha value is -1.59. The Bertz CT molecular complexity index is 511. The SMILES string of the molecule is COCCN1CCC(CNC(=O)Nc2ccc(C)c(C)c2)CC1. The molecule has 1 aliphatic rings. The Balaban J connectivity index is 1.68. The summed E-state index contributed by atoms with van der Waals surface area (Å²) in [5.74, 6) is 0.569. The molecule has 23 heavy (non-hydrogen) atoms. The fourth-order valence-electron chi connectivity index (χ4n) is 2.87. The van der Waals surface area contributed by atoms with Crippen LogP contribution in [0.1, 0.15) is 24.0 Å². The Morgan fingerprint density at radius 1 is 1.26 bits per heavy atom. The molecule has 0 bridgehead atoms. The molecular formula is C18H29N3O2. The molecular weight excluding hydrogens is 290 g/mol. The van der Waals surface area contributed by atoms with Crippen LogP contribution < -0.4 is 10.6 Å². The fourth-order valence-corrected chi connectivity index (χ4v) is 2.87. The minimum atomic E-state index is -0.116. The molecule has 0 aromatic heterocycles. The Morgan fingerprint density at radius 3 is 2.65 bits per heavy atom. The first-order valence-corrected chi connectivity index (χ1v) is 8.42. The summed E-state index contributed by atoms with van der Waals surface area (Å²) in [5, 5.41) is 5.91. The number of anilines is 1. The van der Waals surface area contributed by atoms with Crippen LogP contribution in [0.25, 0.3) is 0 Å². The molecule has 0 aliphatic carbocycles. The molecule has 5 heteroatoms. The van der Waals surface area contributed by atoms with E-state index in [2.05, 4.69) is 29.4 Å². The van der Waals surface area contributed by atoms with E-state index in [-0.39, 0.29) is 6.03 Å². The largest absolute Gasteiger partial charge is 0.383 e. The molecule has 128 valence electrons. The molecule has 0 atom stereocenters. The lowest BCUT2D eigenvalue weighted by molar-refractivity contribution is 0.120. The van der Waals surface area contributed by atoms with Crippen molar-refractivity contribution in [1.29, 1.82) is 0 Å². The standard InChI is InChI=1S/C18H29N3O2/c1-14-4-5-17(12-15(14)2)20-18(22)19-13-16-6-8-21(9-7-16)10-11-23-3/h4-5,12,16H,6-11,13H2,1-3H3,(H2,19,20,22). The van der Waals surface area contributed by atoms with Crippen LogP contribution >= 0.6 is 0 Å². The van der Waals surface area contributed by atoms with Crippen LogP contribution in [0, 0.1) is 19.8 Å². The van der Waals surface area contributed by atoms with Gasteiger partial charge in [-0.25, -0.2) is 4.79 Å². The number of benzene rings is 1. The van der Waals surface area contributed by atoms with Gasteiger partial charge in [0.05, 0.1) is 6.61 Å². The number of rotatable bonds is 6. The monoisotopic (exact) mass is 319 g/mol. The van der Waals surface area contributed by atoms with Crippen molar-refractivity contribution in [3.05, 3.63) is 29.3 Å². The van der Waals surface area contributed by atoms with Crippen LogP contribution in [0.4, 0.5) is 10.5 Å². The first-order chi connectivity index (χ1) is 11.1. The first kappa shape index (κ1) is 17.8. The lowest BCUT2D eigenvalue weighted by atomic mass is 9.97. The van der Waals surface area contributed by atoms with E-state index in [0.29, 0.717) is 5.92 Å². The summed E-state index contributed by atoms with van der Waals surface area (Å²) in [4.78, 5) is 14.4. The molecule has 0 spiro atoms. The summed E-state index contributed by atoms with van der Waals surface area (Å²) in [6.45, 7) is 8.84. The number of urea groups is 1. The average molecular weight is 319 g/mol. The summed E-state index contributed by atoms with van der Waals surface area (Å²) >= 11 is 0. The lowest BCUT2D eigenvalue weighted by Crippen LogP contribution is -2.40. The van der Waals surface area contributed by atoms with Gasteiger partial charge in [0, 0.05) is 25.9 Å². The van der Waals surface area contributed by atoms with Crippen molar-refractivity contribution in [1.82, 2.24) is 10.2 Å². The number of likely N-dealkylation sites (tertiary alicyclic amines) is 1. The van der Waals surface area contributed by atoms with E-state index < -0.39 is 0 Å². The summed E-state index contributed by atoms with van der Waals surface area (Å²) in [5.41, 5.74) is 3.27. The fraction of sp³-hybridized carbons (Fsp3) is 0.611. The third-order valence-corrected chi connectivity index (χ3v) is 4.63. The third kappa shape index (κ3) is 5.84. The van der Waals surface area contributed by atoms with Gasteiger partial charge in [-0.2, -0.15) is 0 Å². The van der Waals surface area contributed by atoms with Gasteiger partial charge in [0.25, 0.3) is 0 Å². The molecule has 0 saturated carbocycles. The van der Waals surface area contributed by atoms with Crippen LogP contribution in [0.3, 0.4) is 0 Å². The maximum Gasteiger partial charge on any atom is 0.319 e. The predicted molar refractivity (Wildman–Crippen MR) is 94.0 cm³/mol. The van der Waals surface area contributed by atoms with Crippen LogP contribution in [0.15, 0.2) is 18.2 Å². The molecule has 2 amide bonds. The van der Waals surface area contributed by atoms with E-state index in [1.807, 2.05) is 18.2 Å². The Morgan fingerprint density at radius 2 is 2.00 bits per heavy atom. The number of piperidine rings is 1. The molecule has 2 rings (SSSR count). The van der Waals surface area contributed by atoms with Gasteiger partial charge in [-0.3, -0.25) is 0 Å². The number of hydrogen-bond donors (Lipinski definition) is 2. The second-order valence-corrected chi connectivity index (χ2v) is 6.41. The number of methoxy groups -OCH3 is 1. The van der Waals surface area contributed by atoms with Gasteiger partial charge in [0.2, 0.25) is 0 Å². The Labute approximate surface area is 139 Å². The zero-order chi connectivity index (χ0) is 16.7. The summed E-state index contributed by atoms with van der Waals surface area (Å²) < 4.78 is 5.12. The van der Waals surface area contributed by atoms with Gasteiger partial charge >= 0.3 is 6.03 Å².